The normalized spacial score (nSPS) is 9.82. The highest BCUT2D eigenvalue weighted by Gasteiger charge is 1.96. The van der Waals surface area contributed by atoms with Gasteiger partial charge in [-0.25, -0.2) is 0 Å². The van der Waals surface area contributed by atoms with Crippen molar-refractivity contribution in [2.45, 2.75) is 85.5 Å². The Morgan fingerprint density at radius 2 is 1.27 bits per heavy atom. The van der Waals surface area contributed by atoms with Crippen molar-refractivity contribution >= 4 is 5.91 Å². The van der Waals surface area contributed by atoms with Crippen molar-refractivity contribution in [2.75, 3.05) is 19.6 Å². The summed E-state index contributed by atoms with van der Waals surface area (Å²) >= 11 is 0. The highest BCUT2D eigenvalue weighted by atomic mass is 16.1. The maximum Gasteiger partial charge on any atom is 0.246 e. The maximum atomic E-state index is 10.7. The van der Waals surface area contributed by atoms with Gasteiger partial charge in [-0.2, -0.15) is 0 Å². The first-order valence-corrected chi connectivity index (χ1v) is 9.24. The van der Waals surface area contributed by atoms with Crippen LogP contribution in [0.1, 0.15) is 85.5 Å². The molecule has 0 rings (SSSR count). The van der Waals surface area contributed by atoms with Crippen LogP contribution in [0.25, 0.3) is 0 Å². The van der Waals surface area contributed by atoms with E-state index in [1.807, 2.05) is 6.92 Å². The fraction of sp³-hybridized carbons (Fsp3) is 0.842. The molecule has 1 amide bonds. The van der Waals surface area contributed by atoms with Crippen molar-refractivity contribution < 1.29 is 4.79 Å². The smallest absolute Gasteiger partial charge is 0.246 e. The van der Waals surface area contributed by atoms with Gasteiger partial charge in [-0.15, -0.1) is 0 Å². The molecule has 0 saturated carbocycles. The molecule has 0 aliphatic carbocycles. The van der Waals surface area contributed by atoms with E-state index >= 15 is 0 Å². The molecule has 0 aromatic carbocycles. The molecule has 0 aromatic heterocycles. The highest BCUT2D eigenvalue weighted by molar-refractivity contribution is 5.91. The van der Waals surface area contributed by atoms with E-state index in [0.717, 1.165) is 13.0 Å². The fourth-order valence-electron chi connectivity index (χ4n) is 1.87. The third-order valence-electron chi connectivity index (χ3n) is 3.34. The minimum Gasteiger partial charge on any atom is -0.352 e. The van der Waals surface area contributed by atoms with Crippen LogP contribution in [0.3, 0.4) is 0 Å². The lowest BCUT2D eigenvalue weighted by atomic mass is 10.2. The van der Waals surface area contributed by atoms with Gasteiger partial charge in [-0.1, -0.05) is 65.9 Å². The van der Waals surface area contributed by atoms with E-state index in [0.29, 0.717) is 5.57 Å². The maximum absolute atomic E-state index is 10.7. The van der Waals surface area contributed by atoms with Gasteiger partial charge in [0.15, 0.2) is 0 Å². The summed E-state index contributed by atoms with van der Waals surface area (Å²) in [5.74, 6) is -0.0446. The standard InChI is InChI=1S/C12H27N.C7H13NO/c1-3-5-7-9-11-13-12-10-8-6-4-2;1-4-5-8-7(9)6(2)3/h13H,3-12H2,1-2H3;2,4-5H2,1,3H3,(H,8,9). The second kappa shape index (κ2) is 20.2. The van der Waals surface area contributed by atoms with Gasteiger partial charge in [0.1, 0.15) is 0 Å². The summed E-state index contributed by atoms with van der Waals surface area (Å²) in [5, 5.41) is 6.20. The van der Waals surface area contributed by atoms with E-state index in [-0.39, 0.29) is 5.91 Å². The lowest BCUT2D eigenvalue weighted by molar-refractivity contribution is -0.117. The zero-order chi connectivity index (χ0) is 17.1. The summed E-state index contributed by atoms with van der Waals surface area (Å²) in [5.41, 5.74) is 0.573. The Labute approximate surface area is 139 Å². The fourth-order valence-corrected chi connectivity index (χ4v) is 1.87. The van der Waals surface area contributed by atoms with Crippen molar-refractivity contribution in [3.63, 3.8) is 0 Å². The number of carbonyl (C=O) groups is 1. The molecule has 0 bridgehead atoms. The Morgan fingerprint density at radius 1 is 0.773 bits per heavy atom. The van der Waals surface area contributed by atoms with Crippen LogP contribution in [0, 0.1) is 0 Å². The van der Waals surface area contributed by atoms with Crippen molar-refractivity contribution in [2.24, 2.45) is 0 Å². The topological polar surface area (TPSA) is 41.1 Å². The Kier molecular flexibility index (Phi) is 21.5. The van der Waals surface area contributed by atoms with E-state index in [2.05, 4.69) is 31.1 Å². The van der Waals surface area contributed by atoms with Crippen LogP contribution in [0.2, 0.25) is 0 Å². The second-order valence-electron chi connectivity index (χ2n) is 5.91. The van der Waals surface area contributed by atoms with Gasteiger partial charge in [0.2, 0.25) is 5.91 Å². The van der Waals surface area contributed by atoms with Crippen LogP contribution >= 0.6 is 0 Å². The van der Waals surface area contributed by atoms with Gasteiger partial charge in [0.25, 0.3) is 0 Å². The van der Waals surface area contributed by atoms with E-state index in [1.54, 1.807) is 6.92 Å². The van der Waals surface area contributed by atoms with E-state index in [1.165, 1.54) is 64.5 Å². The lowest BCUT2D eigenvalue weighted by Gasteiger charge is -2.03. The van der Waals surface area contributed by atoms with E-state index in [9.17, 15) is 4.79 Å². The van der Waals surface area contributed by atoms with Gasteiger partial charge < -0.3 is 10.6 Å². The first-order chi connectivity index (χ1) is 10.6. The molecule has 0 aliphatic heterocycles. The zero-order valence-electron chi connectivity index (χ0n) is 15.6. The Bertz CT molecular complexity index is 242. The zero-order valence-corrected chi connectivity index (χ0v) is 15.6. The molecule has 0 atom stereocenters. The third-order valence-corrected chi connectivity index (χ3v) is 3.34. The molecular formula is C19H40N2O. The van der Waals surface area contributed by atoms with Gasteiger partial charge in [0, 0.05) is 12.1 Å². The number of hydrogen-bond acceptors (Lipinski definition) is 2. The molecule has 0 saturated heterocycles. The average Bonchev–Trinajstić information content (AvgIpc) is 2.51. The monoisotopic (exact) mass is 312 g/mol. The van der Waals surface area contributed by atoms with E-state index < -0.39 is 0 Å². The van der Waals surface area contributed by atoms with Gasteiger partial charge in [0.05, 0.1) is 0 Å². The molecule has 2 N–H and O–H groups in total. The molecule has 3 heteroatoms. The summed E-state index contributed by atoms with van der Waals surface area (Å²) < 4.78 is 0. The van der Waals surface area contributed by atoms with Crippen LogP contribution < -0.4 is 10.6 Å². The second-order valence-corrected chi connectivity index (χ2v) is 5.91. The Hall–Kier alpha value is -0.830. The summed E-state index contributed by atoms with van der Waals surface area (Å²) in [4.78, 5) is 10.7. The molecule has 22 heavy (non-hydrogen) atoms. The summed E-state index contributed by atoms with van der Waals surface area (Å²) in [6.45, 7) is 14.9. The number of nitrogens with one attached hydrogen (secondary N) is 2. The van der Waals surface area contributed by atoms with Crippen molar-refractivity contribution in [1.82, 2.24) is 10.6 Å². The predicted molar refractivity (Wildman–Crippen MR) is 99.3 cm³/mol. The Morgan fingerprint density at radius 3 is 1.64 bits per heavy atom. The number of rotatable bonds is 13. The third kappa shape index (κ3) is 21.5. The summed E-state index contributed by atoms with van der Waals surface area (Å²) in [7, 11) is 0. The minimum atomic E-state index is -0.0446. The summed E-state index contributed by atoms with van der Waals surface area (Å²) in [6.07, 6.45) is 12.0. The van der Waals surface area contributed by atoms with Crippen molar-refractivity contribution in [3.8, 4) is 0 Å². The lowest BCUT2D eigenvalue weighted by Crippen LogP contribution is -2.24. The van der Waals surface area contributed by atoms with Crippen LogP contribution in [0.15, 0.2) is 12.2 Å². The van der Waals surface area contributed by atoms with Gasteiger partial charge >= 0.3 is 0 Å². The molecule has 0 heterocycles. The van der Waals surface area contributed by atoms with E-state index in [4.69, 9.17) is 0 Å². The average molecular weight is 313 g/mol. The Balaban J connectivity index is 0. The molecule has 0 aromatic rings. The SMILES string of the molecule is C=C(C)C(=O)NCCC.CCCCCCNCCCCCC. The minimum absolute atomic E-state index is 0.0446. The molecule has 3 nitrogen and oxygen atoms in total. The van der Waals surface area contributed by atoms with Gasteiger partial charge in [-0.3, -0.25) is 4.79 Å². The summed E-state index contributed by atoms with van der Waals surface area (Å²) in [6, 6.07) is 0. The van der Waals surface area contributed by atoms with Crippen molar-refractivity contribution in [3.05, 3.63) is 12.2 Å². The molecule has 0 fully saturated rings. The van der Waals surface area contributed by atoms with Crippen LogP contribution in [-0.4, -0.2) is 25.5 Å². The number of amides is 1. The van der Waals surface area contributed by atoms with Crippen LogP contribution in [0.4, 0.5) is 0 Å². The van der Waals surface area contributed by atoms with Crippen LogP contribution in [-0.2, 0) is 4.79 Å². The number of carbonyl (C=O) groups excluding carboxylic acids is 1. The van der Waals surface area contributed by atoms with Crippen molar-refractivity contribution in [1.29, 1.82) is 0 Å². The quantitative estimate of drug-likeness (QED) is 0.378. The van der Waals surface area contributed by atoms with Gasteiger partial charge in [-0.05, 0) is 39.3 Å². The molecule has 132 valence electrons. The largest absolute Gasteiger partial charge is 0.352 e. The molecule has 0 aliphatic rings. The first-order valence-electron chi connectivity index (χ1n) is 9.24. The molecular weight excluding hydrogens is 272 g/mol. The highest BCUT2D eigenvalue weighted by Crippen LogP contribution is 1.99. The number of hydrogen-bond donors (Lipinski definition) is 2. The molecule has 0 unspecified atom stereocenters. The molecule has 0 radical (unpaired) electrons. The predicted octanol–water partition coefficient (Wildman–Crippen LogP) is 4.83. The first kappa shape index (κ1) is 23.4. The number of unbranched alkanes of at least 4 members (excludes halogenated alkanes) is 6. The molecule has 0 spiro atoms. The van der Waals surface area contributed by atoms with Crippen LogP contribution in [0.5, 0.6) is 0 Å².